The van der Waals surface area contributed by atoms with Gasteiger partial charge in [0, 0.05) is 47.9 Å². The van der Waals surface area contributed by atoms with E-state index in [1.54, 1.807) is 12.1 Å². The predicted molar refractivity (Wildman–Crippen MR) is 117 cm³/mol. The van der Waals surface area contributed by atoms with Crippen molar-refractivity contribution in [3.63, 3.8) is 0 Å². The van der Waals surface area contributed by atoms with Crippen LogP contribution >= 0.6 is 12.4 Å². The van der Waals surface area contributed by atoms with Crippen molar-refractivity contribution in [3.8, 4) is 0 Å². The first-order chi connectivity index (χ1) is 13.5. The second-order valence-corrected chi connectivity index (χ2v) is 8.51. The van der Waals surface area contributed by atoms with Crippen LogP contribution < -0.4 is 4.90 Å². The van der Waals surface area contributed by atoms with Gasteiger partial charge in [0.05, 0.1) is 4.92 Å². The normalized spacial score (nSPS) is 24.0. The first-order valence-corrected chi connectivity index (χ1v) is 9.91. The monoisotopic (exact) mass is 412 g/mol. The second kappa shape index (κ2) is 7.02. The summed E-state index contributed by atoms with van der Waals surface area (Å²) in [6.45, 7) is 6.43. The second-order valence-electron chi connectivity index (χ2n) is 8.51. The molecule has 0 aromatic heterocycles. The molecule has 1 fully saturated rings. The van der Waals surface area contributed by atoms with Crippen molar-refractivity contribution in [2.45, 2.75) is 44.3 Å². The summed E-state index contributed by atoms with van der Waals surface area (Å²) in [6.07, 6.45) is 2.23. The number of para-hydroxylation sites is 1. The molecule has 0 amide bonds. The summed E-state index contributed by atoms with van der Waals surface area (Å²) in [4.78, 5) is 20.7. The van der Waals surface area contributed by atoms with Crippen molar-refractivity contribution in [2.75, 3.05) is 18.0 Å². The molecule has 3 heterocycles. The fraction of sp³-hybridized carbons (Fsp3) is 0.409. The average molecular weight is 413 g/mol. The Morgan fingerprint density at radius 1 is 1.14 bits per heavy atom. The number of non-ortho nitro benzene ring substituents is 1. The molecule has 0 saturated carbocycles. The Kier molecular flexibility index (Phi) is 4.77. The van der Waals surface area contributed by atoms with E-state index in [2.05, 4.69) is 47.9 Å². The van der Waals surface area contributed by atoms with Gasteiger partial charge in [0.15, 0.2) is 0 Å². The number of hydrogen-bond acceptors (Lipinski definition) is 5. The summed E-state index contributed by atoms with van der Waals surface area (Å²) in [6, 6.07) is 15.7. The van der Waals surface area contributed by atoms with Gasteiger partial charge in [-0.1, -0.05) is 24.3 Å². The molecular weight excluding hydrogens is 388 g/mol. The number of amidine groups is 1. The number of nitrogens with zero attached hydrogens (tertiary/aromatic N) is 4. The number of rotatable bonds is 2. The summed E-state index contributed by atoms with van der Waals surface area (Å²) >= 11 is 0. The smallest absolute Gasteiger partial charge is 0.269 e. The van der Waals surface area contributed by atoms with Crippen LogP contribution in [0.3, 0.4) is 0 Å². The van der Waals surface area contributed by atoms with Gasteiger partial charge in [0.1, 0.15) is 12.0 Å². The van der Waals surface area contributed by atoms with E-state index in [0.717, 1.165) is 31.8 Å². The zero-order valence-corrected chi connectivity index (χ0v) is 17.4. The summed E-state index contributed by atoms with van der Waals surface area (Å²) < 4.78 is 0. The zero-order valence-electron chi connectivity index (χ0n) is 16.6. The molecule has 0 N–H and O–H groups in total. The van der Waals surface area contributed by atoms with Crippen LogP contribution in [-0.4, -0.2) is 40.5 Å². The molecular formula is C22H25ClN4O2. The summed E-state index contributed by atoms with van der Waals surface area (Å²) in [5.41, 5.74) is 3.79. The molecule has 6 nitrogen and oxygen atoms in total. The maximum Gasteiger partial charge on any atom is 0.269 e. The van der Waals surface area contributed by atoms with Gasteiger partial charge >= 0.3 is 0 Å². The van der Waals surface area contributed by atoms with E-state index in [4.69, 9.17) is 4.99 Å². The molecule has 152 valence electrons. The number of anilines is 1. The Bertz CT molecular complexity index is 973. The third-order valence-corrected chi connectivity index (χ3v) is 6.48. The molecule has 3 aliphatic rings. The molecule has 0 aliphatic carbocycles. The zero-order chi connectivity index (χ0) is 19.5. The molecule has 1 saturated heterocycles. The third kappa shape index (κ3) is 2.97. The van der Waals surface area contributed by atoms with E-state index in [9.17, 15) is 10.1 Å². The quantitative estimate of drug-likeness (QED) is 0.535. The molecule has 7 heteroatoms. The van der Waals surface area contributed by atoms with E-state index < -0.39 is 0 Å². The Morgan fingerprint density at radius 2 is 1.86 bits per heavy atom. The van der Waals surface area contributed by atoms with Gasteiger partial charge in [-0.05, 0) is 44.4 Å². The SMILES string of the molecule is CC1(C)CCN=C2c3ccccc3N3CCC(c4ccc([N+](=O)[O-])cc4)C3N21.Cl. The highest BCUT2D eigenvalue weighted by molar-refractivity contribution is 6.06. The lowest BCUT2D eigenvalue weighted by molar-refractivity contribution is -0.384. The Balaban J connectivity index is 0.00000205. The Morgan fingerprint density at radius 3 is 2.59 bits per heavy atom. The fourth-order valence-electron chi connectivity index (χ4n) is 5.07. The number of nitro benzene ring substituents is 1. The van der Waals surface area contributed by atoms with E-state index >= 15 is 0 Å². The van der Waals surface area contributed by atoms with Gasteiger partial charge < -0.3 is 9.80 Å². The van der Waals surface area contributed by atoms with Gasteiger partial charge in [0.25, 0.3) is 5.69 Å². The number of nitro groups is 1. The van der Waals surface area contributed by atoms with Crippen molar-refractivity contribution < 1.29 is 4.92 Å². The molecule has 3 aliphatic heterocycles. The summed E-state index contributed by atoms with van der Waals surface area (Å²) in [5, 5.41) is 11.0. The topological polar surface area (TPSA) is 62.0 Å². The largest absolute Gasteiger partial charge is 0.350 e. The van der Waals surface area contributed by atoms with Gasteiger partial charge in [-0.3, -0.25) is 15.1 Å². The molecule has 2 aromatic carbocycles. The van der Waals surface area contributed by atoms with Crippen molar-refractivity contribution in [1.82, 2.24) is 4.90 Å². The maximum absolute atomic E-state index is 11.0. The number of benzene rings is 2. The minimum atomic E-state index is -0.333. The van der Waals surface area contributed by atoms with Crippen LogP contribution in [0.5, 0.6) is 0 Å². The van der Waals surface area contributed by atoms with Crippen molar-refractivity contribution in [1.29, 1.82) is 0 Å². The highest BCUT2D eigenvalue weighted by Gasteiger charge is 2.50. The summed E-state index contributed by atoms with van der Waals surface area (Å²) in [7, 11) is 0. The highest BCUT2D eigenvalue weighted by atomic mass is 35.5. The lowest BCUT2D eigenvalue weighted by Gasteiger charge is -2.54. The predicted octanol–water partition coefficient (Wildman–Crippen LogP) is 4.58. The Labute approximate surface area is 176 Å². The van der Waals surface area contributed by atoms with Crippen LogP contribution in [0.2, 0.25) is 0 Å². The number of aliphatic imine (C=N–C) groups is 1. The summed E-state index contributed by atoms with van der Waals surface area (Å²) in [5.74, 6) is 1.39. The van der Waals surface area contributed by atoms with Gasteiger partial charge in [-0.25, -0.2) is 0 Å². The van der Waals surface area contributed by atoms with Crippen molar-refractivity contribution in [2.24, 2.45) is 4.99 Å². The average Bonchev–Trinajstić information content (AvgIpc) is 3.12. The molecule has 29 heavy (non-hydrogen) atoms. The fourth-order valence-corrected chi connectivity index (χ4v) is 5.07. The molecule has 2 atom stereocenters. The van der Waals surface area contributed by atoms with Crippen molar-refractivity contribution >= 4 is 29.6 Å². The number of halogens is 1. The molecule has 5 rings (SSSR count). The number of fused-ring (bicyclic) bond motifs is 6. The van der Waals surface area contributed by atoms with Crippen LogP contribution in [0, 0.1) is 10.1 Å². The minimum Gasteiger partial charge on any atom is -0.350 e. The molecule has 0 radical (unpaired) electrons. The van der Waals surface area contributed by atoms with Gasteiger partial charge in [-0.2, -0.15) is 0 Å². The first kappa shape index (κ1) is 19.7. The van der Waals surface area contributed by atoms with E-state index in [0.29, 0.717) is 0 Å². The van der Waals surface area contributed by atoms with Crippen LogP contribution in [0.15, 0.2) is 53.5 Å². The molecule has 2 aromatic rings. The molecule has 0 bridgehead atoms. The van der Waals surface area contributed by atoms with Crippen LogP contribution in [-0.2, 0) is 0 Å². The van der Waals surface area contributed by atoms with E-state index in [1.807, 2.05) is 12.1 Å². The van der Waals surface area contributed by atoms with Crippen LogP contribution in [0.4, 0.5) is 11.4 Å². The third-order valence-electron chi connectivity index (χ3n) is 6.48. The van der Waals surface area contributed by atoms with Crippen LogP contribution in [0.25, 0.3) is 0 Å². The Hall–Kier alpha value is -2.60. The highest BCUT2D eigenvalue weighted by Crippen LogP contribution is 2.47. The first-order valence-electron chi connectivity index (χ1n) is 9.91. The van der Waals surface area contributed by atoms with E-state index in [1.165, 1.54) is 16.8 Å². The maximum atomic E-state index is 11.0. The van der Waals surface area contributed by atoms with Crippen LogP contribution in [0.1, 0.15) is 43.7 Å². The van der Waals surface area contributed by atoms with Crippen molar-refractivity contribution in [3.05, 3.63) is 69.8 Å². The van der Waals surface area contributed by atoms with Gasteiger partial charge in [-0.15, -0.1) is 12.4 Å². The van der Waals surface area contributed by atoms with Gasteiger partial charge in [0.2, 0.25) is 0 Å². The lowest BCUT2D eigenvalue weighted by atomic mass is 9.86. The molecule has 2 unspecified atom stereocenters. The lowest BCUT2D eigenvalue weighted by Crippen LogP contribution is -2.63. The minimum absolute atomic E-state index is 0. The number of hydrogen-bond donors (Lipinski definition) is 0. The molecule has 0 spiro atoms. The standard InChI is InChI=1S/C22H24N4O2.ClH/c1-22(2)12-13-23-20-18-5-3-4-6-19(18)24-14-11-17(21(24)25(20)22)15-7-9-16(10-8-15)26(27)28;/h3-10,17,21H,11-14H2,1-2H3;1H. The van der Waals surface area contributed by atoms with E-state index in [-0.39, 0.29) is 40.6 Å².